The number of likely N-dealkylation sites (N-methyl/N-ethyl adjacent to an activating group) is 1. The number of likely N-dealkylation sites (tertiary alicyclic amines) is 1. The van der Waals surface area contributed by atoms with Crippen LogP contribution in [0.15, 0.2) is 4.52 Å². The lowest BCUT2D eigenvalue weighted by Gasteiger charge is -2.24. The van der Waals surface area contributed by atoms with Crippen molar-refractivity contribution in [2.75, 3.05) is 26.7 Å². The molecule has 1 amide bonds. The van der Waals surface area contributed by atoms with E-state index in [4.69, 9.17) is 9.78 Å². The molecule has 0 spiro atoms. The molecule has 0 aliphatic carbocycles. The van der Waals surface area contributed by atoms with E-state index in [1.54, 1.807) is 11.9 Å². The van der Waals surface area contributed by atoms with E-state index in [0.717, 1.165) is 19.4 Å². The van der Waals surface area contributed by atoms with Crippen molar-refractivity contribution in [2.45, 2.75) is 45.1 Å². The summed E-state index contributed by atoms with van der Waals surface area (Å²) < 4.78 is 5.27. The van der Waals surface area contributed by atoms with Crippen LogP contribution in [0.25, 0.3) is 0 Å². The normalized spacial score (nSPS) is 18.6. The molecule has 1 aromatic heterocycles. The van der Waals surface area contributed by atoms with E-state index in [-0.39, 0.29) is 17.9 Å². The van der Waals surface area contributed by atoms with Crippen LogP contribution in [0.5, 0.6) is 0 Å². The van der Waals surface area contributed by atoms with Gasteiger partial charge in [0.05, 0.1) is 25.1 Å². The lowest BCUT2D eigenvalue weighted by Crippen LogP contribution is -2.38. The van der Waals surface area contributed by atoms with Crippen molar-refractivity contribution in [3.05, 3.63) is 11.7 Å². The molecule has 0 bridgehead atoms. The molecule has 0 radical (unpaired) electrons. The van der Waals surface area contributed by atoms with Crippen LogP contribution in [-0.4, -0.2) is 52.5 Å². The van der Waals surface area contributed by atoms with Crippen LogP contribution in [0.3, 0.4) is 0 Å². The second-order valence-corrected chi connectivity index (χ2v) is 6.00. The van der Waals surface area contributed by atoms with Crippen molar-refractivity contribution < 1.29 is 9.32 Å². The molecular weight excluding hydrogens is 282 g/mol. The van der Waals surface area contributed by atoms with E-state index in [1.165, 1.54) is 0 Å². The van der Waals surface area contributed by atoms with Crippen LogP contribution in [-0.2, 0) is 4.79 Å². The van der Waals surface area contributed by atoms with Gasteiger partial charge in [-0.15, -0.1) is 0 Å². The first-order valence-electron chi connectivity index (χ1n) is 7.71. The first-order chi connectivity index (χ1) is 10.5. The van der Waals surface area contributed by atoms with Crippen molar-refractivity contribution in [3.63, 3.8) is 0 Å². The van der Waals surface area contributed by atoms with Crippen LogP contribution in [0.2, 0.25) is 0 Å². The van der Waals surface area contributed by atoms with E-state index < -0.39 is 0 Å². The molecule has 1 aromatic rings. The lowest BCUT2D eigenvalue weighted by atomic mass is 10.2. The molecule has 0 unspecified atom stereocenters. The number of hydrogen-bond acceptors (Lipinski definition) is 6. The fourth-order valence-corrected chi connectivity index (χ4v) is 2.56. The number of nitrogens with zero attached hydrogens (tertiary/aromatic N) is 5. The highest BCUT2D eigenvalue weighted by molar-refractivity contribution is 5.78. The second kappa shape index (κ2) is 7.36. The molecule has 22 heavy (non-hydrogen) atoms. The van der Waals surface area contributed by atoms with Crippen LogP contribution in [0, 0.1) is 11.3 Å². The third kappa shape index (κ3) is 3.83. The van der Waals surface area contributed by atoms with Gasteiger partial charge in [0.2, 0.25) is 11.8 Å². The van der Waals surface area contributed by atoms with Crippen LogP contribution in [0.1, 0.15) is 56.8 Å². The Labute approximate surface area is 130 Å². The summed E-state index contributed by atoms with van der Waals surface area (Å²) in [6.07, 6.45) is 2.31. The number of nitriles is 1. The average molecular weight is 305 g/mol. The zero-order valence-electron chi connectivity index (χ0n) is 13.4. The standard InChI is InChI=1S/C15H23N5O2/c1-11(2)15-17-14(18-22-15)12-6-4-9-20(12)10-13(21)19(3)8-5-7-16/h11-12H,4-6,8-10H2,1-3H3/t12-/m0/s1. The third-order valence-corrected chi connectivity index (χ3v) is 3.94. The summed E-state index contributed by atoms with van der Waals surface area (Å²) in [7, 11) is 1.73. The summed E-state index contributed by atoms with van der Waals surface area (Å²) in [6, 6.07) is 2.10. The van der Waals surface area contributed by atoms with Gasteiger partial charge in [0, 0.05) is 19.5 Å². The van der Waals surface area contributed by atoms with Gasteiger partial charge in [0.1, 0.15) is 0 Å². The highest BCUT2D eigenvalue weighted by Crippen LogP contribution is 2.30. The number of carbonyl (C=O) groups excluding carboxylic acids is 1. The molecule has 1 aliphatic rings. The first kappa shape index (κ1) is 16.4. The topological polar surface area (TPSA) is 86.3 Å². The molecule has 1 fully saturated rings. The van der Waals surface area contributed by atoms with Gasteiger partial charge in [0.25, 0.3) is 0 Å². The van der Waals surface area contributed by atoms with E-state index in [2.05, 4.69) is 21.1 Å². The van der Waals surface area contributed by atoms with Gasteiger partial charge >= 0.3 is 0 Å². The van der Waals surface area contributed by atoms with Crippen molar-refractivity contribution in [1.82, 2.24) is 19.9 Å². The minimum Gasteiger partial charge on any atom is -0.344 e. The number of aromatic nitrogens is 2. The zero-order chi connectivity index (χ0) is 16.1. The quantitative estimate of drug-likeness (QED) is 0.795. The molecule has 2 rings (SSSR count). The monoisotopic (exact) mass is 305 g/mol. The Bertz CT molecular complexity index is 548. The van der Waals surface area contributed by atoms with Gasteiger partial charge in [0.15, 0.2) is 5.82 Å². The molecule has 1 atom stereocenters. The van der Waals surface area contributed by atoms with Crippen molar-refractivity contribution >= 4 is 5.91 Å². The van der Waals surface area contributed by atoms with E-state index in [1.807, 2.05) is 13.8 Å². The predicted octanol–water partition coefficient (Wildman–Crippen LogP) is 1.70. The van der Waals surface area contributed by atoms with E-state index in [0.29, 0.717) is 31.2 Å². The van der Waals surface area contributed by atoms with E-state index in [9.17, 15) is 4.79 Å². The maximum atomic E-state index is 12.2. The van der Waals surface area contributed by atoms with Gasteiger partial charge in [-0.1, -0.05) is 19.0 Å². The van der Waals surface area contributed by atoms with Gasteiger partial charge < -0.3 is 9.42 Å². The van der Waals surface area contributed by atoms with Crippen LogP contribution < -0.4 is 0 Å². The summed E-state index contributed by atoms with van der Waals surface area (Å²) in [4.78, 5) is 20.4. The van der Waals surface area contributed by atoms with Gasteiger partial charge in [-0.05, 0) is 19.4 Å². The zero-order valence-corrected chi connectivity index (χ0v) is 13.4. The fourth-order valence-electron chi connectivity index (χ4n) is 2.56. The fraction of sp³-hybridized carbons (Fsp3) is 0.733. The van der Waals surface area contributed by atoms with Crippen molar-refractivity contribution in [3.8, 4) is 6.07 Å². The van der Waals surface area contributed by atoms with Gasteiger partial charge in [-0.25, -0.2) is 0 Å². The van der Waals surface area contributed by atoms with Crippen LogP contribution in [0.4, 0.5) is 0 Å². The minimum atomic E-state index is 0.0229. The SMILES string of the molecule is CC(C)c1nc([C@@H]2CCCN2CC(=O)N(C)CCC#N)no1. The van der Waals surface area contributed by atoms with Crippen molar-refractivity contribution in [2.24, 2.45) is 0 Å². The predicted molar refractivity (Wildman–Crippen MR) is 79.8 cm³/mol. The van der Waals surface area contributed by atoms with E-state index >= 15 is 0 Å². The maximum Gasteiger partial charge on any atom is 0.236 e. The molecule has 0 aromatic carbocycles. The Kier molecular flexibility index (Phi) is 5.50. The molecule has 1 saturated heterocycles. The number of rotatable bonds is 6. The third-order valence-electron chi connectivity index (χ3n) is 3.94. The number of carbonyl (C=O) groups is 1. The highest BCUT2D eigenvalue weighted by atomic mass is 16.5. The Balaban J connectivity index is 1.98. The highest BCUT2D eigenvalue weighted by Gasteiger charge is 2.32. The smallest absolute Gasteiger partial charge is 0.236 e. The van der Waals surface area contributed by atoms with Gasteiger partial charge in [-0.2, -0.15) is 10.2 Å². The molecule has 1 aliphatic heterocycles. The summed E-state index contributed by atoms with van der Waals surface area (Å²) in [5, 5.41) is 12.7. The molecule has 0 N–H and O–H groups in total. The van der Waals surface area contributed by atoms with Crippen LogP contribution >= 0.6 is 0 Å². The number of amides is 1. The summed E-state index contributed by atoms with van der Waals surface area (Å²) >= 11 is 0. The van der Waals surface area contributed by atoms with Gasteiger partial charge in [-0.3, -0.25) is 9.69 Å². The lowest BCUT2D eigenvalue weighted by molar-refractivity contribution is -0.131. The Morgan fingerprint density at radius 2 is 2.36 bits per heavy atom. The van der Waals surface area contributed by atoms with Crippen molar-refractivity contribution in [1.29, 1.82) is 5.26 Å². The maximum absolute atomic E-state index is 12.2. The Hall–Kier alpha value is -1.94. The summed E-state index contributed by atoms with van der Waals surface area (Å²) in [6.45, 7) is 5.68. The summed E-state index contributed by atoms with van der Waals surface area (Å²) in [5.41, 5.74) is 0. The minimum absolute atomic E-state index is 0.0229. The average Bonchev–Trinajstić information content (AvgIpc) is 3.12. The largest absolute Gasteiger partial charge is 0.344 e. The molecule has 2 heterocycles. The molecular formula is C15H23N5O2. The Morgan fingerprint density at radius 3 is 3.00 bits per heavy atom. The molecule has 7 nitrogen and oxygen atoms in total. The second-order valence-electron chi connectivity index (χ2n) is 6.00. The number of hydrogen-bond donors (Lipinski definition) is 0. The molecule has 120 valence electrons. The first-order valence-corrected chi connectivity index (χ1v) is 7.71. The molecule has 0 saturated carbocycles. The Morgan fingerprint density at radius 1 is 1.59 bits per heavy atom. The molecule has 7 heteroatoms. The summed E-state index contributed by atoms with van der Waals surface area (Å²) in [5.74, 6) is 1.54.